The highest BCUT2D eigenvalue weighted by Gasteiger charge is 2.30. The number of nitrogens with zero attached hydrogens (tertiary/aromatic N) is 2. The van der Waals surface area contributed by atoms with Crippen molar-refractivity contribution < 1.29 is 8.42 Å². The Morgan fingerprint density at radius 2 is 2.44 bits per heavy atom. The molecule has 2 heterocycles. The van der Waals surface area contributed by atoms with Crippen LogP contribution in [0.5, 0.6) is 0 Å². The molecule has 0 aromatic carbocycles. The Bertz CT molecular complexity index is 432. The van der Waals surface area contributed by atoms with Gasteiger partial charge in [0.25, 0.3) is 10.0 Å². The number of aromatic amines is 1. The maximum absolute atomic E-state index is 12.1. The van der Waals surface area contributed by atoms with Crippen molar-refractivity contribution in [3.63, 3.8) is 0 Å². The molecule has 1 saturated heterocycles. The van der Waals surface area contributed by atoms with Crippen LogP contribution in [0.3, 0.4) is 0 Å². The number of aromatic nitrogens is 2. The van der Waals surface area contributed by atoms with Gasteiger partial charge in [0, 0.05) is 18.4 Å². The summed E-state index contributed by atoms with van der Waals surface area (Å²) >= 11 is 3.41. The van der Waals surface area contributed by atoms with Gasteiger partial charge in [-0.05, 0) is 24.8 Å². The molecule has 1 aromatic heterocycles. The Hall–Kier alpha value is -0.400. The fourth-order valence-electron chi connectivity index (χ4n) is 1.90. The second kappa shape index (κ2) is 4.85. The lowest BCUT2D eigenvalue weighted by Gasteiger charge is -2.30. The van der Waals surface area contributed by atoms with Crippen LogP contribution in [0.25, 0.3) is 0 Å². The molecule has 90 valence electrons. The average Bonchev–Trinajstić information content (AvgIpc) is 2.83. The van der Waals surface area contributed by atoms with Crippen LogP contribution in [-0.2, 0) is 10.0 Å². The van der Waals surface area contributed by atoms with E-state index in [1.165, 1.54) is 16.6 Å². The van der Waals surface area contributed by atoms with Gasteiger partial charge in [-0.25, -0.2) is 8.42 Å². The molecule has 1 aliphatic rings. The molecule has 0 saturated carbocycles. The number of halogens is 1. The number of alkyl halides is 1. The molecule has 7 heteroatoms. The van der Waals surface area contributed by atoms with Crippen LogP contribution in [0.4, 0.5) is 0 Å². The molecular formula is C9H14BrN3O2S. The van der Waals surface area contributed by atoms with Gasteiger partial charge in [-0.1, -0.05) is 15.9 Å². The van der Waals surface area contributed by atoms with Crippen molar-refractivity contribution in [2.75, 3.05) is 18.4 Å². The summed E-state index contributed by atoms with van der Waals surface area (Å²) in [5.74, 6) is 0.409. The molecule has 0 amide bonds. The van der Waals surface area contributed by atoms with E-state index < -0.39 is 10.0 Å². The number of hydrogen-bond donors (Lipinski definition) is 1. The van der Waals surface area contributed by atoms with Gasteiger partial charge in [0.2, 0.25) is 0 Å². The summed E-state index contributed by atoms with van der Waals surface area (Å²) in [7, 11) is -3.37. The third-order valence-corrected chi connectivity index (χ3v) is 5.50. The summed E-state index contributed by atoms with van der Waals surface area (Å²) in [6.45, 7) is 1.19. The number of nitrogens with one attached hydrogen (secondary N) is 1. The second-order valence-corrected chi connectivity index (χ2v) is 6.50. The zero-order chi connectivity index (χ0) is 11.6. The average molecular weight is 308 g/mol. The van der Waals surface area contributed by atoms with E-state index in [9.17, 15) is 8.42 Å². The zero-order valence-corrected chi connectivity index (χ0v) is 11.2. The van der Waals surface area contributed by atoms with Gasteiger partial charge >= 0.3 is 0 Å². The van der Waals surface area contributed by atoms with Gasteiger partial charge in [-0.15, -0.1) is 0 Å². The standard InChI is InChI=1S/C9H14BrN3O2S/c10-6-8-2-1-5-13(7-8)16(14,15)9-3-4-11-12-9/h3-4,8H,1-2,5-7H2,(H,11,12). The number of rotatable bonds is 3. The number of sulfonamides is 1. The molecule has 1 unspecified atom stereocenters. The summed E-state index contributed by atoms with van der Waals surface area (Å²) in [5.41, 5.74) is 0. The summed E-state index contributed by atoms with van der Waals surface area (Å²) in [5, 5.41) is 7.23. The Kier molecular flexibility index (Phi) is 3.66. The van der Waals surface area contributed by atoms with Gasteiger partial charge in [-0.2, -0.15) is 9.40 Å². The smallest absolute Gasteiger partial charge is 0.259 e. The van der Waals surface area contributed by atoms with Crippen LogP contribution in [0.1, 0.15) is 12.8 Å². The minimum Gasteiger partial charge on any atom is -0.266 e. The first-order valence-electron chi connectivity index (χ1n) is 5.20. The molecule has 1 aromatic rings. The zero-order valence-electron chi connectivity index (χ0n) is 8.76. The molecular weight excluding hydrogens is 294 g/mol. The van der Waals surface area contributed by atoms with E-state index in [0.29, 0.717) is 19.0 Å². The van der Waals surface area contributed by atoms with Crippen LogP contribution >= 0.6 is 15.9 Å². The molecule has 1 N–H and O–H groups in total. The first-order chi connectivity index (χ1) is 7.64. The molecule has 0 spiro atoms. The van der Waals surface area contributed by atoms with E-state index in [4.69, 9.17) is 0 Å². The Balaban J connectivity index is 2.18. The molecule has 0 bridgehead atoms. The Morgan fingerprint density at radius 1 is 1.62 bits per heavy atom. The fraction of sp³-hybridized carbons (Fsp3) is 0.667. The minimum atomic E-state index is -3.37. The number of piperidine rings is 1. The molecule has 0 radical (unpaired) electrons. The molecule has 1 aliphatic heterocycles. The molecule has 5 nitrogen and oxygen atoms in total. The first-order valence-corrected chi connectivity index (χ1v) is 7.76. The quantitative estimate of drug-likeness (QED) is 0.854. The largest absolute Gasteiger partial charge is 0.266 e. The lowest BCUT2D eigenvalue weighted by molar-refractivity contribution is 0.285. The second-order valence-electron chi connectivity index (χ2n) is 3.95. The van der Waals surface area contributed by atoms with E-state index in [-0.39, 0.29) is 5.03 Å². The van der Waals surface area contributed by atoms with E-state index in [1.54, 1.807) is 0 Å². The van der Waals surface area contributed by atoms with E-state index in [0.717, 1.165) is 18.2 Å². The maximum Gasteiger partial charge on any atom is 0.259 e. The number of hydrogen-bond acceptors (Lipinski definition) is 3. The van der Waals surface area contributed by atoms with Crippen LogP contribution in [-0.4, -0.2) is 41.3 Å². The SMILES string of the molecule is O=S(=O)(c1ccn[nH]1)N1CCCC(CBr)C1. The molecule has 1 fully saturated rings. The van der Waals surface area contributed by atoms with Gasteiger partial charge in [0.05, 0.1) is 6.20 Å². The van der Waals surface area contributed by atoms with Crippen molar-refractivity contribution in [3.05, 3.63) is 12.3 Å². The highest BCUT2D eigenvalue weighted by atomic mass is 79.9. The highest BCUT2D eigenvalue weighted by molar-refractivity contribution is 9.09. The lowest BCUT2D eigenvalue weighted by Crippen LogP contribution is -2.40. The molecule has 2 rings (SSSR count). The third-order valence-electron chi connectivity index (χ3n) is 2.79. The predicted octanol–water partition coefficient (Wildman–Crippen LogP) is 1.21. The normalized spacial score (nSPS) is 23.4. The van der Waals surface area contributed by atoms with Gasteiger partial charge in [0.15, 0.2) is 5.03 Å². The molecule has 1 atom stereocenters. The summed E-state index contributed by atoms with van der Waals surface area (Å²) in [6.07, 6.45) is 3.46. The van der Waals surface area contributed by atoms with E-state index >= 15 is 0 Å². The van der Waals surface area contributed by atoms with Gasteiger partial charge < -0.3 is 0 Å². The third kappa shape index (κ3) is 2.31. The molecule has 16 heavy (non-hydrogen) atoms. The summed E-state index contributed by atoms with van der Waals surface area (Å²) in [6, 6.07) is 1.49. The van der Waals surface area contributed by atoms with E-state index in [2.05, 4.69) is 26.1 Å². The van der Waals surface area contributed by atoms with Crippen molar-refractivity contribution in [1.29, 1.82) is 0 Å². The van der Waals surface area contributed by atoms with Crippen molar-refractivity contribution in [1.82, 2.24) is 14.5 Å². The Morgan fingerprint density at radius 3 is 3.06 bits per heavy atom. The van der Waals surface area contributed by atoms with Crippen molar-refractivity contribution in [2.24, 2.45) is 5.92 Å². The van der Waals surface area contributed by atoms with E-state index in [1.807, 2.05) is 0 Å². The summed E-state index contributed by atoms with van der Waals surface area (Å²) in [4.78, 5) is 0. The van der Waals surface area contributed by atoms with Crippen LogP contribution in [0.2, 0.25) is 0 Å². The molecule has 0 aliphatic carbocycles. The van der Waals surface area contributed by atoms with Crippen molar-refractivity contribution in [3.8, 4) is 0 Å². The van der Waals surface area contributed by atoms with Crippen LogP contribution < -0.4 is 0 Å². The van der Waals surface area contributed by atoms with Crippen molar-refractivity contribution >= 4 is 26.0 Å². The number of H-pyrrole nitrogens is 1. The Labute approximate surface area is 103 Å². The highest BCUT2D eigenvalue weighted by Crippen LogP contribution is 2.23. The topological polar surface area (TPSA) is 66.1 Å². The van der Waals surface area contributed by atoms with Gasteiger partial charge in [-0.3, -0.25) is 5.10 Å². The first kappa shape index (κ1) is 12.1. The predicted molar refractivity (Wildman–Crippen MR) is 63.9 cm³/mol. The maximum atomic E-state index is 12.1. The fourth-order valence-corrected chi connectivity index (χ4v) is 3.88. The summed E-state index contributed by atoms with van der Waals surface area (Å²) < 4.78 is 25.8. The monoisotopic (exact) mass is 307 g/mol. The van der Waals surface area contributed by atoms with Crippen LogP contribution in [0, 0.1) is 5.92 Å². The van der Waals surface area contributed by atoms with Crippen LogP contribution in [0.15, 0.2) is 17.3 Å². The lowest BCUT2D eigenvalue weighted by atomic mass is 10.0. The van der Waals surface area contributed by atoms with Crippen molar-refractivity contribution in [2.45, 2.75) is 17.9 Å². The van der Waals surface area contributed by atoms with Gasteiger partial charge in [0.1, 0.15) is 0 Å². The minimum absolute atomic E-state index is 0.183.